The molecule has 0 N–H and O–H groups in total. The molecule has 1 aromatic rings. The first-order valence-electron chi connectivity index (χ1n) is 9.05. The Kier molecular flexibility index (Phi) is 3.06. The van der Waals surface area contributed by atoms with E-state index < -0.39 is 0 Å². The fourth-order valence-corrected chi connectivity index (χ4v) is 5.31. The van der Waals surface area contributed by atoms with Crippen molar-refractivity contribution in [2.24, 2.45) is 23.7 Å². The van der Waals surface area contributed by atoms with Crippen LogP contribution in [0, 0.1) is 23.7 Å². The summed E-state index contributed by atoms with van der Waals surface area (Å²) in [6, 6.07) is 9.82. The third-order valence-corrected chi connectivity index (χ3v) is 6.31. The number of fused-ring (bicyclic) bond motifs is 5. The minimum Gasteiger partial charge on any atom is -0.278 e. The summed E-state index contributed by atoms with van der Waals surface area (Å²) in [6.45, 7) is 0.414. The topological polar surface area (TPSA) is 37.4 Å². The van der Waals surface area contributed by atoms with Crippen LogP contribution in [0.1, 0.15) is 31.2 Å². The second-order valence-electron chi connectivity index (χ2n) is 7.50. The normalized spacial score (nSPS) is 33.9. The summed E-state index contributed by atoms with van der Waals surface area (Å²) in [6.07, 6.45) is 9.25. The number of nitrogens with zero attached hydrogens (tertiary/aromatic N) is 1. The summed E-state index contributed by atoms with van der Waals surface area (Å²) in [7, 11) is 0. The van der Waals surface area contributed by atoms with Gasteiger partial charge in [0, 0.05) is 11.8 Å². The number of likely N-dealkylation sites (tertiary alicyclic amines) is 1. The smallest absolute Gasteiger partial charge is 0.234 e. The van der Waals surface area contributed by atoms with Crippen molar-refractivity contribution in [3.8, 4) is 0 Å². The Balaban J connectivity index is 1.47. The van der Waals surface area contributed by atoms with Gasteiger partial charge in [-0.1, -0.05) is 53.6 Å². The van der Waals surface area contributed by atoms with Gasteiger partial charge in [-0.3, -0.25) is 14.5 Å². The Morgan fingerprint density at radius 1 is 0.875 bits per heavy atom. The minimum atomic E-state index is -0.140. The molecule has 2 bridgehead atoms. The zero-order valence-corrected chi connectivity index (χ0v) is 13.7. The third kappa shape index (κ3) is 1.84. The molecule has 3 nitrogen and oxygen atoms in total. The molecule has 3 aliphatic carbocycles. The number of imide groups is 1. The highest BCUT2D eigenvalue weighted by Gasteiger charge is 2.61. The highest BCUT2D eigenvalue weighted by Crippen LogP contribution is 2.58. The fraction of sp³-hybridized carbons (Fsp3) is 0.429. The Morgan fingerprint density at radius 3 is 2.04 bits per heavy atom. The van der Waals surface area contributed by atoms with Gasteiger partial charge in [0.15, 0.2) is 0 Å². The van der Waals surface area contributed by atoms with Gasteiger partial charge < -0.3 is 0 Å². The molecule has 0 radical (unpaired) electrons. The lowest BCUT2D eigenvalue weighted by atomic mass is 9.85. The second kappa shape index (κ2) is 5.17. The van der Waals surface area contributed by atoms with Crippen LogP contribution in [0.2, 0.25) is 0 Å². The maximum absolute atomic E-state index is 13.0. The summed E-state index contributed by atoms with van der Waals surface area (Å²) >= 11 is 0. The van der Waals surface area contributed by atoms with E-state index >= 15 is 0 Å². The molecule has 1 aliphatic heterocycles. The molecule has 24 heavy (non-hydrogen) atoms. The van der Waals surface area contributed by atoms with Crippen LogP contribution in [0.5, 0.6) is 0 Å². The van der Waals surface area contributed by atoms with Gasteiger partial charge in [-0.2, -0.15) is 0 Å². The van der Waals surface area contributed by atoms with Crippen molar-refractivity contribution >= 4 is 11.8 Å². The van der Waals surface area contributed by atoms with E-state index in [9.17, 15) is 9.59 Å². The number of amides is 2. The molecule has 5 rings (SSSR count). The van der Waals surface area contributed by atoms with Crippen molar-refractivity contribution in [2.75, 3.05) is 0 Å². The van der Waals surface area contributed by atoms with E-state index in [1.807, 2.05) is 30.3 Å². The zero-order chi connectivity index (χ0) is 16.3. The predicted octanol–water partition coefficient (Wildman–Crippen LogP) is 3.47. The van der Waals surface area contributed by atoms with Crippen LogP contribution in [0.25, 0.3) is 0 Å². The molecule has 3 fully saturated rings. The summed E-state index contributed by atoms with van der Waals surface area (Å²) < 4.78 is 0. The van der Waals surface area contributed by atoms with E-state index in [1.54, 1.807) is 5.57 Å². The monoisotopic (exact) mass is 319 g/mol. The lowest BCUT2D eigenvalue weighted by molar-refractivity contribution is -0.141. The molecule has 2 amide bonds. The standard InChI is InChI=1S/C21H21NO2/c23-20-18-15-10-11-16(17(15)14-8-4-5-9-14)19(18)21(24)22(20)12-13-6-2-1-3-7-13/h1-3,6-7,10-11,15-16,18-19H,4-5,8-9,12H2. The molecular formula is C21H21NO2. The first kappa shape index (κ1) is 14.2. The van der Waals surface area contributed by atoms with Crippen molar-refractivity contribution < 1.29 is 9.59 Å². The molecule has 2 saturated carbocycles. The molecule has 4 aliphatic rings. The largest absolute Gasteiger partial charge is 0.278 e. The third-order valence-electron chi connectivity index (χ3n) is 6.31. The molecule has 4 unspecified atom stereocenters. The summed E-state index contributed by atoms with van der Waals surface area (Å²) in [5, 5.41) is 0. The summed E-state index contributed by atoms with van der Waals surface area (Å²) in [5.41, 5.74) is 4.00. The number of allylic oxidation sites excluding steroid dienone is 4. The maximum Gasteiger partial charge on any atom is 0.234 e. The minimum absolute atomic E-state index is 0.0433. The van der Waals surface area contributed by atoms with Crippen molar-refractivity contribution in [3.05, 3.63) is 59.2 Å². The van der Waals surface area contributed by atoms with E-state index in [0.29, 0.717) is 6.54 Å². The van der Waals surface area contributed by atoms with Crippen molar-refractivity contribution in [1.29, 1.82) is 0 Å². The summed E-state index contributed by atoms with van der Waals surface area (Å²) in [4.78, 5) is 27.5. The predicted molar refractivity (Wildman–Crippen MR) is 90.6 cm³/mol. The van der Waals surface area contributed by atoms with E-state index in [2.05, 4.69) is 12.2 Å². The molecule has 1 heterocycles. The Morgan fingerprint density at radius 2 is 1.46 bits per heavy atom. The van der Waals surface area contributed by atoms with Crippen molar-refractivity contribution in [2.45, 2.75) is 32.2 Å². The first-order chi connectivity index (χ1) is 11.8. The average Bonchev–Trinajstić information content (AvgIpc) is 3.35. The molecule has 1 aromatic carbocycles. The number of rotatable bonds is 2. The van der Waals surface area contributed by atoms with Gasteiger partial charge in [-0.15, -0.1) is 0 Å². The molecule has 4 atom stereocenters. The van der Waals surface area contributed by atoms with Crippen LogP contribution < -0.4 is 0 Å². The Bertz CT molecular complexity index is 734. The van der Waals surface area contributed by atoms with Gasteiger partial charge in [0.1, 0.15) is 0 Å². The van der Waals surface area contributed by atoms with Gasteiger partial charge in [0.05, 0.1) is 18.4 Å². The lowest BCUT2D eigenvalue weighted by Gasteiger charge is -2.19. The van der Waals surface area contributed by atoms with Crippen LogP contribution in [0.15, 0.2) is 53.6 Å². The lowest BCUT2D eigenvalue weighted by Crippen LogP contribution is -2.32. The zero-order valence-electron chi connectivity index (χ0n) is 13.7. The maximum atomic E-state index is 13.0. The summed E-state index contributed by atoms with van der Waals surface area (Å²) in [5.74, 6) is 0.179. The van der Waals surface area contributed by atoms with E-state index in [-0.39, 0.29) is 35.5 Å². The number of carbonyl (C=O) groups excluding carboxylic acids is 2. The van der Waals surface area contributed by atoms with Gasteiger partial charge in [-0.05, 0) is 31.2 Å². The Hall–Kier alpha value is -2.16. The number of benzene rings is 1. The number of hydrogen-bond donors (Lipinski definition) is 0. The highest BCUT2D eigenvalue weighted by molar-refractivity contribution is 6.07. The molecule has 122 valence electrons. The molecule has 3 heteroatoms. The van der Waals surface area contributed by atoms with E-state index in [0.717, 1.165) is 5.56 Å². The second-order valence-corrected chi connectivity index (χ2v) is 7.50. The van der Waals surface area contributed by atoms with E-state index in [1.165, 1.54) is 36.2 Å². The fourth-order valence-electron chi connectivity index (χ4n) is 5.31. The van der Waals surface area contributed by atoms with Crippen molar-refractivity contribution in [3.63, 3.8) is 0 Å². The number of hydrogen-bond acceptors (Lipinski definition) is 2. The Labute approximate surface area is 142 Å². The van der Waals surface area contributed by atoms with Crippen LogP contribution in [-0.2, 0) is 16.1 Å². The van der Waals surface area contributed by atoms with Gasteiger partial charge in [-0.25, -0.2) is 0 Å². The van der Waals surface area contributed by atoms with Crippen LogP contribution in [0.3, 0.4) is 0 Å². The molecule has 1 saturated heterocycles. The molecular weight excluding hydrogens is 298 g/mol. The van der Waals surface area contributed by atoms with Gasteiger partial charge in [0.25, 0.3) is 0 Å². The first-order valence-corrected chi connectivity index (χ1v) is 9.05. The van der Waals surface area contributed by atoms with Crippen LogP contribution in [-0.4, -0.2) is 16.7 Å². The highest BCUT2D eigenvalue weighted by atomic mass is 16.2. The SMILES string of the molecule is O=C1C2C3C=CC(C3=C3CCCC3)C2C(=O)N1Cc1ccccc1. The average molecular weight is 319 g/mol. The number of carbonyl (C=O) groups is 2. The molecule has 0 spiro atoms. The van der Waals surface area contributed by atoms with Crippen LogP contribution >= 0.6 is 0 Å². The van der Waals surface area contributed by atoms with Gasteiger partial charge in [0.2, 0.25) is 11.8 Å². The van der Waals surface area contributed by atoms with Crippen LogP contribution in [0.4, 0.5) is 0 Å². The quantitative estimate of drug-likeness (QED) is 0.618. The van der Waals surface area contributed by atoms with E-state index in [4.69, 9.17) is 0 Å². The van der Waals surface area contributed by atoms with Crippen molar-refractivity contribution in [1.82, 2.24) is 4.90 Å². The molecule has 0 aromatic heterocycles. The van der Waals surface area contributed by atoms with Gasteiger partial charge >= 0.3 is 0 Å².